The van der Waals surface area contributed by atoms with Crippen LogP contribution in [0.3, 0.4) is 0 Å². The third-order valence-electron chi connectivity index (χ3n) is 2.21. The Morgan fingerprint density at radius 1 is 1.35 bits per heavy atom. The van der Waals surface area contributed by atoms with Crippen molar-refractivity contribution in [3.05, 3.63) is 38.8 Å². The Morgan fingerprint density at radius 2 is 2.06 bits per heavy atom. The van der Waals surface area contributed by atoms with Crippen LogP contribution in [0.25, 0.3) is 10.9 Å². The molecule has 0 fully saturated rings. The lowest BCUT2D eigenvalue weighted by atomic mass is 10.2. The maximum absolute atomic E-state index is 13.4. The van der Waals surface area contributed by atoms with Crippen molar-refractivity contribution in [1.29, 1.82) is 0 Å². The number of hydrogen-bond donors (Lipinski definition) is 1. The average Bonchev–Trinajstić information content (AvgIpc) is 2.20. The molecule has 1 aromatic heterocycles. The number of ether oxygens (including phenoxy) is 1. The summed E-state index contributed by atoms with van der Waals surface area (Å²) in [5.74, 6) is 0.0364. The molecule has 90 valence electrons. The maximum atomic E-state index is 13.4. The van der Waals surface area contributed by atoms with Crippen LogP contribution in [0.2, 0.25) is 0 Å². The third kappa shape index (κ3) is 2.49. The summed E-state index contributed by atoms with van der Waals surface area (Å²) in [4.78, 5) is 14.0. The van der Waals surface area contributed by atoms with E-state index < -0.39 is 5.82 Å². The van der Waals surface area contributed by atoms with E-state index in [4.69, 9.17) is 4.74 Å². The van der Waals surface area contributed by atoms with Gasteiger partial charge in [-0.05, 0) is 41.9 Å². The lowest BCUT2D eigenvalue weighted by Gasteiger charge is -2.12. The summed E-state index contributed by atoms with van der Waals surface area (Å²) in [6, 6.07) is 4.24. The molecule has 0 aliphatic carbocycles. The molecule has 2 aromatic rings. The zero-order valence-electron chi connectivity index (χ0n) is 9.38. The Balaban J connectivity index is 2.73. The molecule has 0 aliphatic heterocycles. The van der Waals surface area contributed by atoms with Crippen LogP contribution in [-0.2, 0) is 0 Å². The summed E-state index contributed by atoms with van der Waals surface area (Å²) in [6.45, 7) is 3.73. The zero-order valence-corrected chi connectivity index (χ0v) is 11.0. The first-order valence-electron chi connectivity index (χ1n) is 5.16. The van der Waals surface area contributed by atoms with E-state index in [2.05, 4.69) is 20.9 Å². The van der Waals surface area contributed by atoms with Gasteiger partial charge in [0.1, 0.15) is 11.6 Å². The monoisotopic (exact) mass is 299 g/mol. The van der Waals surface area contributed by atoms with Gasteiger partial charge in [0, 0.05) is 11.5 Å². The quantitative estimate of drug-likeness (QED) is 0.925. The molecule has 5 heteroatoms. The van der Waals surface area contributed by atoms with Crippen LogP contribution in [0, 0.1) is 5.82 Å². The van der Waals surface area contributed by atoms with Gasteiger partial charge in [0.15, 0.2) is 0 Å². The standard InChI is InChI=1S/C12H11BrFNO2/c1-6(2)17-11-5-12(16)15-10-4-9(14)8(13)3-7(10)11/h3-6H,1-2H3,(H,15,16). The minimum atomic E-state index is -0.421. The summed E-state index contributed by atoms with van der Waals surface area (Å²) in [6.07, 6.45) is -0.0520. The molecule has 0 atom stereocenters. The molecule has 1 heterocycles. The second kappa shape index (κ2) is 4.49. The van der Waals surface area contributed by atoms with Gasteiger partial charge in [-0.3, -0.25) is 4.79 Å². The van der Waals surface area contributed by atoms with Crippen LogP contribution in [0.15, 0.2) is 27.5 Å². The Labute approximate surface area is 106 Å². The molecule has 17 heavy (non-hydrogen) atoms. The zero-order chi connectivity index (χ0) is 12.6. The summed E-state index contributed by atoms with van der Waals surface area (Å²) >= 11 is 3.11. The SMILES string of the molecule is CC(C)Oc1cc(=O)[nH]c2cc(F)c(Br)cc12. The number of halogens is 2. The van der Waals surface area contributed by atoms with Gasteiger partial charge in [-0.1, -0.05) is 0 Å². The van der Waals surface area contributed by atoms with Crippen molar-refractivity contribution in [3.8, 4) is 5.75 Å². The first-order chi connectivity index (χ1) is 7.97. The number of H-pyrrole nitrogens is 1. The van der Waals surface area contributed by atoms with Crippen LogP contribution < -0.4 is 10.3 Å². The number of rotatable bonds is 2. The summed E-state index contributed by atoms with van der Waals surface area (Å²) in [5.41, 5.74) is 0.115. The van der Waals surface area contributed by atoms with E-state index in [0.717, 1.165) is 0 Å². The first kappa shape index (κ1) is 12.1. The molecule has 0 aliphatic rings. The normalized spacial score (nSPS) is 11.1. The minimum Gasteiger partial charge on any atom is -0.490 e. The van der Waals surface area contributed by atoms with Gasteiger partial charge < -0.3 is 9.72 Å². The van der Waals surface area contributed by atoms with Crippen LogP contribution in [-0.4, -0.2) is 11.1 Å². The highest BCUT2D eigenvalue weighted by atomic mass is 79.9. The van der Waals surface area contributed by atoms with E-state index >= 15 is 0 Å². The molecule has 0 spiro atoms. The summed E-state index contributed by atoms with van der Waals surface area (Å²) in [5, 5.41) is 0.673. The third-order valence-corrected chi connectivity index (χ3v) is 2.82. The number of benzene rings is 1. The molecular weight excluding hydrogens is 289 g/mol. The van der Waals surface area contributed by atoms with Crippen LogP contribution in [0.4, 0.5) is 4.39 Å². The van der Waals surface area contributed by atoms with E-state index in [0.29, 0.717) is 21.1 Å². The van der Waals surface area contributed by atoms with E-state index in [1.165, 1.54) is 12.1 Å². The molecule has 2 rings (SSSR count). The summed E-state index contributed by atoms with van der Waals surface area (Å²) in [7, 11) is 0. The van der Waals surface area contributed by atoms with Crippen molar-refractivity contribution in [3.63, 3.8) is 0 Å². The average molecular weight is 300 g/mol. The highest BCUT2D eigenvalue weighted by molar-refractivity contribution is 9.10. The van der Waals surface area contributed by atoms with Crippen molar-refractivity contribution in [1.82, 2.24) is 4.98 Å². The van der Waals surface area contributed by atoms with Crippen molar-refractivity contribution in [2.45, 2.75) is 20.0 Å². The van der Waals surface area contributed by atoms with E-state index in [1.807, 2.05) is 13.8 Å². The van der Waals surface area contributed by atoms with Gasteiger partial charge in [-0.25, -0.2) is 4.39 Å². The highest BCUT2D eigenvalue weighted by Gasteiger charge is 2.09. The van der Waals surface area contributed by atoms with Crippen molar-refractivity contribution < 1.29 is 9.13 Å². The van der Waals surface area contributed by atoms with Crippen LogP contribution >= 0.6 is 15.9 Å². The number of aromatic nitrogens is 1. The number of hydrogen-bond acceptors (Lipinski definition) is 2. The van der Waals surface area contributed by atoms with E-state index in [9.17, 15) is 9.18 Å². The molecule has 1 aromatic carbocycles. The van der Waals surface area contributed by atoms with Crippen molar-refractivity contribution in [2.75, 3.05) is 0 Å². The number of aromatic amines is 1. The fraction of sp³-hybridized carbons (Fsp3) is 0.250. The second-order valence-corrected chi connectivity index (χ2v) is 4.83. The Hall–Kier alpha value is -1.36. The minimum absolute atomic E-state index is 0.0520. The van der Waals surface area contributed by atoms with Crippen molar-refractivity contribution >= 4 is 26.8 Å². The van der Waals surface area contributed by atoms with E-state index in [1.54, 1.807) is 6.07 Å². The van der Waals surface area contributed by atoms with Crippen LogP contribution in [0.5, 0.6) is 5.75 Å². The molecular formula is C12H11BrFNO2. The number of pyridine rings is 1. The number of nitrogens with one attached hydrogen (secondary N) is 1. The lowest BCUT2D eigenvalue weighted by molar-refractivity contribution is 0.245. The topological polar surface area (TPSA) is 42.1 Å². The van der Waals surface area contributed by atoms with Gasteiger partial charge in [0.2, 0.25) is 0 Å². The van der Waals surface area contributed by atoms with Crippen LogP contribution in [0.1, 0.15) is 13.8 Å². The predicted octanol–water partition coefficient (Wildman–Crippen LogP) is 3.22. The fourth-order valence-electron chi connectivity index (χ4n) is 1.57. The molecule has 0 unspecified atom stereocenters. The molecule has 1 N–H and O–H groups in total. The molecule has 0 amide bonds. The Kier molecular flexibility index (Phi) is 3.19. The predicted molar refractivity (Wildman–Crippen MR) is 68.0 cm³/mol. The first-order valence-corrected chi connectivity index (χ1v) is 5.95. The molecule has 3 nitrogen and oxygen atoms in total. The van der Waals surface area contributed by atoms with Gasteiger partial charge in [-0.2, -0.15) is 0 Å². The van der Waals surface area contributed by atoms with Gasteiger partial charge in [0.05, 0.1) is 16.1 Å². The molecule has 0 saturated carbocycles. The smallest absolute Gasteiger partial charge is 0.252 e. The Bertz CT molecular complexity index is 622. The van der Waals surface area contributed by atoms with Gasteiger partial charge in [-0.15, -0.1) is 0 Å². The van der Waals surface area contributed by atoms with Crippen molar-refractivity contribution in [2.24, 2.45) is 0 Å². The number of fused-ring (bicyclic) bond motifs is 1. The Morgan fingerprint density at radius 3 is 2.71 bits per heavy atom. The molecule has 0 saturated heterocycles. The van der Waals surface area contributed by atoms with Gasteiger partial charge in [0.25, 0.3) is 5.56 Å². The van der Waals surface area contributed by atoms with E-state index in [-0.39, 0.29) is 11.7 Å². The second-order valence-electron chi connectivity index (χ2n) is 3.98. The molecule has 0 bridgehead atoms. The summed E-state index contributed by atoms with van der Waals surface area (Å²) < 4.78 is 19.2. The highest BCUT2D eigenvalue weighted by Crippen LogP contribution is 2.28. The fourth-order valence-corrected chi connectivity index (χ4v) is 1.91. The largest absolute Gasteiger partial charge is 0.490 e. The maximum Gasteiger partial charge on any atom is 0.252 e. The lowest BCUT2D eigenvalue weighted by Crippen LogP contribution is -2.11. The molecule has 0 radical (unpaired) electrons. The van der Waals surface area contributed by atoms with Gasteiger partial charge >= 0.3 is 0 Å².